The molecule has 31 heavy (non-hydrogen) atoms. The number of H-pyrrole nitrogens is 1. The topological polar surface area (TPSA) is 54.3 Å². The molecule has 4 nitrogen and oxygen atoms in total. The van der Waals surface area contributed by atoms with E-state index in [1.807, 2.05) is 30.3 Å². The van der Waals surface area contributed by atoms with Crippen molar-refractivity contribution in [3.05, 3.63) is 64.3 Å². The molecule has 0 spiro atoms. The highest BCUT2D eigenvalue weighted by molar-refractivity contribution is 7.80. The number of methoxy groups -OCH3 is 1. The summed E-state index contributed by atoms with van der Waals surface area (Å²) in [5.74, 6) is 0.343. The number of fused-ring (bicyclic) bond motifs is 3. The van der Waals surface area contributed by atoms with Crippen molar-refractivity contribution < 1.29 is 13.5 Å². The van der Waals surface area contributed by atoms with Gasteiger partial charge in [-0.25, -0.2) is 8.78 Å². The molecule has 1 aromatic heterocycles. The van der Waals surface area contributed by atoms with Crippen LogP contribution in [0.15, 0.2) is 42.5 Å². The van der Waals surface area contributed by atoms with Gasteiger partial charge in [0.05, 0.1) is 13.2 Å². The van der Waals surface area contributed by atoms with Crippen molar-refractivity contribution in [3.63, 3.8) is 0 Å². The summed E-state index contributed by atoms with van der Waals surface area (Å²) >= 11 is 11.5. The average molecular weight is 466 g/mol. The van der Waals surface area contributed by atoms with Gasteiger partial charge in [-0.2, -0.15) is 0 Å². The zero-order chi connectivity index (χ0) is 22.7. The van der Waals surface area contributed by atoms with E-state index in [0.717, 1.165) is 40.5 Å². The van der Waals surface area contributed by atoms with E-state index in [1.165, 1.54) is 24.8 Å². The van der Waals surface area contributed by atoms with E-state index in [1.54, 1.807) is 7.11 Å². The summed E-state index contributed by atoms with van der Waals surface area (Å²) in [5, 5.41) is 2.32. The Morgan fingerprint density at radius 1 is 1.23 bits per heavy atom. The van der Waals surface area contributed by atoms with E-state index in [-0.39, 0.29) is 6.04 Å². The molecule has 2 heterocycles. The Bertz CT molecular complexity index is 1050. The predicted octanol–water partition coefficient (Wildman–Crippen LogP) is 5.93. The Labute approximate surface area is 191 Å². The summed E-state index contributed by atoms with van der Waals surface area (Å²) in [6, 6.07) is 13.9. The lowest BCUT2D eigenvalue weighted by Crippen LogP contribution is -2.43. The van der Waals surface area contributed by atoms with Gasteiger partial charge >= 0.3 is 0 Å². The number of nitrogens with two attached hydrogens (primary N) is 1. The standard InChI is InChI=1S/C19H18ClN3OS.C4H8F2/c1-24-13-5-2-11(3-6-13)18-17-14(8-9-23(18)19(21)25)15-10-12(20)4-7-16(15)22-17;1-3(2)4(5)6/h2-7,10,18,22H,8-9H2,1H3,(H2,21,25);3-4H,1-2H3. The zero-order valence-corrected chi connectivity index (χ0v) is 19.2. The molecule has 166 valence electrons. The first-order valence-corrected chi connectivity index (χ1v) is 10.8. The highest BCUT2D eigenvalue weighted by Crippen LogP contribution is 2.39. The number of nitrogens with zero attached hydrogens (tertiary/aromatic N) is 1. The van der Waals surface area contributed by atoms with Crippen molar-refractivity contribution in [1.82, 2.24) is 9.88 Å². The van der Waals surface area contributed by atoms with Gasteiger partial charge < -0.3 is 20.4 Å². The summed E-state index contributed by atoms with van der Waals surface area (Å²) in [6.45, 7) is 3.76. The molecule has 8 heteroatoms. The lowest BCUT2D eigenvalue weighted by atomic mass is 9.92. The van der Waals surface area contributed by atoms with Crippen LogP contribution in [0.4, 0.5) is 8.78 Å². The van der Waals surface area contributed by atoms with Crippen molar-refractivity contribution >= 4 is 39.8 Å². The third kappa shape index (κ3) is 5.10. The van der Waals surface area contributed by atoms with Gasteiger partial charge in [-0.1, -0.05) is 37.6 Å². The van der Waals surface area contributed by atoms with Crippen LogP contribution in [0, 0.1) is 5.92 Å². The molecule has 0 bridgehead atoms. The van der Waals surface area contributed by atoms with Crippen molar-refractivity contribution in [2.75, 3.05) is 13.7 Å². The number of benzene rings is 2. The van der Waals surface area contributed by atoms with Crippen LogP contribution in [0.3, 0.4) is 0 Å². The third-order valence-corrected chi connectivity index (χ3v) is 5.78. The quantitative estimate of drug-likeness (QED) is 0.471. The van der Waals surface area contributed by atoms with Crippen LogP contribution in [-0.4, -0.2) is 35.1 Å². The minimum absolute atomic E-state index is 0.0432. The first-order chi connectivity index (χ1) is 14.7. The highest BCUT2D eigenvalue weighted by Gasteiger charge is 2.32. The van der Waals surface area contributed by atoms with Crippen LogP contribution in [-0.2, 0) is 6.42 Å². The summed E-state index contributed by atoms with van der Waals surface area (Å²) in [6.07, 6.45) is -1.27. The number of thiocarbonyl (C=S) groups is 1. The molecule has 0 aliphatic carbocycles. The fourth-order valence-corrected chi connectivity index (χ4v) is 4.00. The number of aromatic nitrogens is 1. The van der Waals surface area contributed by atoms with Gasteiger partial charge in [0.15, 0.2) is 5.11 Å². The monoisotopic (exact) mass is 465 g/mol. The fraction of sp³-hybridized carbons (Fsp3) is 0.348. The fourth-order valence-electron chi connectivity index (χ4n) is 3.63. The van der Waals surface area contributed by atoms with Gasteiger partial charge in [0.2, 0.25) is 6.43 Å². The Hall–Kier alpha value is -2.38. The van der Waals surface area contributed by atoms with Crippen LogP contribution in [0.5, 0.6) is 5.75 Å². The van der Waals surface area contributed by atoms with E-state index in [2.05, 4.69) is 22.0 Å². The minimum atomic E-state index is -2.15. The van der Waals surface area contributed by atoms with Gasteiger partial charge in [0.1, 0.15) is 5.75 Å². The zero-order valence-electron chi connectivity index (χ0n) is 17.7. The van der Waals surface area contributed by atoms with Crippen molar-refractivity contribution in [2.45, 2.75) is 32.7 Å². The first-order valence-electron chi connectivity index (χ1n) is 10.0. The number of nitrogens with one attached hydrogen (secondary N) is 1. The van der Waals surface area contributed by atoms with Crippen molar-refractivity contribution in [1.29, 1.82) is 0 Å². The van der Waals surface area contributed by atoms with Crippen LogP contribution >= 0.6 is 23.8 Å². The Morgan fingerprint density at radius 3 is 2.42 bits per heavy atom. The summed E-state index contributed by atoms with van der Waals surface area (Å²) in [4.78, 5) is 5.62. The number of aromatic amines is 1. The van der Waals surface area contributed by atoms with Gasteiger partial charge in [0, 0.05) is 34.1 Å². The van der Waals surface area contributed by atoms with Crippen LogP contribution in [0.1, 0.15) is 36.7 Å². The molecule has 1 atom stereocenters. The second-order valence-electron chi connectivity index (χ2n) is 7.74. The van der Waals surface area contributed by atoms with Crippen LogP contribution in [0.25, 0.3) is 10.9 Å². The number of hydrogen-bond donors (Lipinski definition) is 2. The SMILES string of the molecule is CC(C)C(F)F.COc1ccc(C2c3[nH]c4ccc(Cl)cc4c3CCN2C(N)=S)cc1. The maximum atomic E-state index is 11.2. The Kier molecular flexibility index (Phi) is 7.38. The Balaban J connectivity index is 0.000000401. The van der Waals surface area contributed by atoms with Crippen LogP contribution < -0.4 is 10.5 Å². The molecule has 4 rings (SSSR count). The summed E-state index contributed by atoms with van der Waals surface area (Å²) < 4.78 is 27.6. The summed E-state index contributed by atoms with van der Waals surface area (Å²) in [7, 11) is 1.66. The number of rotatable bonds is 3. The second-order valence-corrected chi connectivity index (χ2v) is 8.60. The number of alkyl halides is 2. The van der Waals surface area contributed by atoms with Crippen molar-refractivity contribution in [3.8, 4) is 5.75 Å². The smallest absolute Gasteiger partial charge is 0.240 e. The lowest BCUT2D eigenvalue weighted by molar-refractivity contribution is 0.0955. The van der Waals surface area contributed by atoms with Crippen molar-refractivity contribution in [2.24, 2.45) is 11.7 Å². The summed E-state index contributed by atoms with van der Waals surface area (Å²) in [5.41, 5.74) is 10.6. The molecule has 0 amide bonds. The predicted molar refractivity (Wildman–Crippen MR) is 126 cm³/mol. The van der Waals surface area contributed by atoms with E-state index >= 15 is 0 Å². The van der Waals surface area contributed by atoms with Crippen LogP contribution in [0.2, 0.25) is 5.02 Å². The molecule has 2 aromatic carbocycles. The highest BCUT2D eigenvalue weighted by atomic mass is 35.5. The molecule has 1 aliphatic heterocycles. The largest absolute Gasteiger partial charge is 0.497 e. The molecule has 0 saturated carbocycles. The normalized spacial score (nSPS) is 15.6. The molecule has 3 aromatic rings. The first kappa shape index (κ1) is 23.3. The maximum Gasteiger partial charge on any atom is 0.240 e. The molecular formula is C23H26ClF2N3OS. The Morgan fingerprint density at radius 2 is 1.87 bits per heavy atom. The van der Waals surface area contributed by atoms with Gasteiger partial charge in [-0.15, -0.1) is 0 Å². The van der Waals surface area contributed by atoms with E-state index in [0.29, 0.717) is 5.11 Å². The molecule has 3 N–H and O–H groups in total. The van der Waals surface area contributed by atoms with Gasteiger partial charge in [0.25, 0.3) is 0 Å². The molecule has 0 radical (unpaired) electrons. The minimum Gasteiger partial charge on any atom is -0.497 e. The van der Waals surface area contributed by atoms with Gasteiger partial charge in [-0.3, -0.25) is 0 Å². The molecule has 0 fully saturated rings. The lowest BCUT2D eigenvalue weighted by Gasteiger charge is -2.36. The second kappa shape index (κ2) is 9.83. The molecule has 0 saturated heterocycles. The number of hydrogen-bond acceptors (Lipinski definition) is 2. The molecular weight excluding hydrogens is 440 g/mol. The van der Waals surface area contributed by atoms with E-state index in [4.69, 9.17) is 34.3 Å². The maximum absolute atomic E-state index is 11.2. The number of ether oxygens (including phenoxy) is 1. The van der Waals surface area contributed by atoms with E-state index in [9.17, 15) is 8.78 Å². The van der Waals surface area contributed by atoms with E-state index < -0.39 is 12.3 Å². The number of halogens is 3. The molecule has 1 aliphatic rings. The van der Waals surface area contributed by atoms with Gasteiger partial charge in [-0.05, 0) is 60.1 Å². The molecule has 1 unspecified atom stereocenters. The average Bonchev–Trinajstić information content (AvgIpc) is 3.11. The third-order valence-electron chi connectivity index (χ3n) is 5.31.